The third-order valence-electron chi connectivity index (χ3n) is 5.82. The molecule has 2 aliphatic rings. The number of carbonyl (C=O) groups excluding carboxylic acids is 1. The Kier molecular flexibility index (Phi) is 11.7. The van der Waals surface area contributed by atoms with Gasteiger partial charge in [-0.15, -0.1) is 24.0 Å². The van der Waals surface area contributed by atoms with Crippen LogP contribution >= 0.6 is 24.0 Å². The first-order valence-corrected chi connectivity index (χ1v) is 10.9. The number of likely N-dealkylation sites (N-methyl/N-ethyl adjacent to an activating group) is 1. The largest absolute Gasteiger partial charge is 0.357 e. The third kappa shape index (κ3) is 8.05. The van der Waals surface area contributed by atoms with Gasteiger partial charge in [-0.05, 0) is 52.6 Å². The zero-order chi connectivity index (χ0) is 19.8. The lowest BCUT2D eigenvalue weighted by Gasteiger charge is -2.25. The number of hydrogen-bond acceptors (Lipinski definition) is 3. The van der Waals surface area contributed by atoms with Crippen LogP contribution in [0.3, 0.4) is 0 Å². The summed E-state index contributed by atoms with van der Waals surface area (Å²) < 4.78 is 0. The maximum atomic E-state index is 12.6. The monoisotopic (exact) mass is 507 g/mol. The summed E-state index contributed by atoms with van der Waals surface area (Å²) >= 11 is 0. The van der Waals surface area contributed by atoms with Crippen LogP contribution in [0.15, 0.2) is 4.99 Å². The van der Waals surface area contributed by atoms with Crippen LogP contribution in [0.4, 0.5) is 0 Å². The van der Waals surface area contributed by atoms with Crippen molar-refractivity contribution in [1.82, 2.24) is 20.4 Å². The number of aliphatic imine (C=N–C) groups is 1. The van der Waals surface area contributed by atoms with E-state index in [0.29, 0.717) is 23.9 Å². The fraction of sp³-hybridized carbons (Fsp3) is 0.905. The number of rotatable bonds is 8. The van der Waals surface area contributed by atoms with Gasteiger partial charge in [0, 0.05) is 37.6 Å². The maximum Gasteiger partial charge on any atom is 0.225 e. The normalized spacial score (nSPS) is 21.9. The standard InChI is InChI=1S/C21H41N5O.HI/c1-6-22-21(23-14-19(25(4)5)13-16(2)3)24-18-11-12-26(15-18)20(27)17-9-7-8-10-17;/h16-19H,6-15H2,1-5H3,(H2,22,23,24);1H. The summed E-state index contributed by atoms with van der Waals surface area (Å²) in [5.74, 6) is 2.20. The molecule has 6 nitrogen and oxygen atoms in total. The number of halogens is 1. The molecule has 28 heavy (non-hydrogen) atoms. The molecule has 2 rings (SSSR count). The molecular weight excluding hydrogens is 465 g/mol. The van der Waals surface area contributed by atoms with E-state index < -0.39 is 0 Å². The highest BCUT2D eigenvalue weighted by molar-refractivity contribution is 14.0. The van der Waals surface area contributed by atoms with E-state index in [0.717, 1.165) is 57.8 Å². The van der Waals surface area contributed by atoms with E-state index in [1.165, 1.54) is 12.8 Å². The van der Waals surface area contributed by atoms with Crippen LogP contribution < -0.4 is 10.6 Å². The zero-order valence-corrected chi connectivity index (χ0v) is 20.9. The molecule has 0 spiro atoms. The van der Waals surface area contributed by atoms with Crippen LogP contribution in [-0.2, 0) is 4.79 Å². The molecule has 1 aliphatic carbocycles. The van der Waals surface area contributed by atoms with Gasteiger partial charge in [-0.3, -0.25) is 9.79 Å². The van der Waals surface area contributed by atoms with Gasteiger partial charge < -0.3 is 20.4 Å². The molecule has 0 aromatic rings. The number of likely N-dealkylation sites (tertiary alicyclic amines) is 1. The smallest absolute Gasteiger partial charge is 0.225 e. The summed E-state index contributed by atoms with van der Waals surface area (Å²) in [5, 5.41) is 6.94. The molecule has 164 valence electrons. The van der Waals surface area contributed by atoms with Gasteiger partial charge in [0.2, 0.25) is 5.91 Å². The highest BCUT2D eigenvalue weighted by atomic mass is 127. The SMILES string of the molecule is CCNC(=NCC(CC(C)C)N(C)C)NC1CCN(C(=O)C2CCCC2)C1.I. The van der Waals surface area contributed by atoms with Gasteiger partial charge in [-0.25, -0.2) is 0 Å². The van der Waals surface area contributed by atoms with Crippen LogP contribution in [-0.4, -0.2) is 74.0 Å². The fourth-order valence-electron chi connectivity index (χ4n) is 4.21. The summed E-state index contributed by atoms with van der Waals surface area (Å²) in [6.07, 6.45) is 6.74. The maximum absolute atomic E-state index is 12.6. The molecule has 0 aromatic heterocycles. The van der Waals surface area contributed by atoms with Crippen molar-refractivity contribution < 1.29 is 4.79 Å². The summed E-state index contributed by atoms with van der Waals surface area (Å²) in [7, 11) is 4.26. The van der Waals surface area contributed by atoms with Crippen LogP contribution in [0.5, 0.6) is 0 Å². The van der Waals surface area contributed by atoms with Crippen LogP contribution in [0, 0.1) is 11.8 Å². The molecule has 2 atom stereocenters. The number of guanidine groups is 1. The third-order valence-corrected chi connectivity index (χ3v) is 5.82. The number of nitrogens with zero attached hydrogens (tertiary/aromatic N) is 3. The molecule has 0 bridgehead atoms. The molecule has 1 amide bonds. The highest BCUT2D eigenvalue weighted by Gasteiger charge is 2.32. The second-order valence-electron chi connectivity index (χ2n) is 8.86. The topological polar surface area (TPSA) is 60.0 Å². The molecule has 7 heteroatoms. The molecule has 1 saturated carbocycles. The molecule has 1 aliphatic heterocycles. The Hall–Kier alpha value is -0.570. The number of nitrogens with one attached hydrogen (secondary N) is 2. The minimum absolute atomic E-state index is 0. The van der Waals surface area contributed by atoms with Gasteiger partial charge in [-0.1, -0.05) is 26.7 Å². The minimum Gasteiger partial charge on any atom is -0.357 e. The molecule has 2 unspecified atom stereocenters. The van der Waals surface area contributed by atoms with Crippen molar-refractivity contribution in [2.24, 2.45) is 16.8 Å². The van der Waals surface area contributed by atoms with E-state index in [1.807, 2.05) is 0 Å². The molecule has 1 heterocycles. The Morgan fingerprint density at radius 1 is 1.21 bits per heavy atom. The number of carbonyl (C=O) groups is 1. The fourth-order valence-corrected chi connectivity index (χ4v) is 4.21. The molecule has 2 fully saturated rings. The van der Waals surface area contributed by atoms with Crippen molar-refractivity contribution in [2.75, 3.05) is 40.3 Å². The Labute approximate surface area is 189 Å². The van der Waals surface area contributed by atoms with Crippen molar-refractivity contribution in [3.8, 4) is 0 Å². The van der Waals surface area contributed by atoms with Crippen LogP contribution in [0.25, 0.3) is 0 Å². The molecule has 0 radical (unpaired) electrons. The quantitative estimate of drug-likeness (QED) is 0.302. The highest BCUT2D eigenvalue weighted by Crippen LogP contribution is 2.27. The van der Waals surface area contributed by atoms with Crippen molar-refractivity contribution in [3.05, 3.63) is 0 Å². The van der Waals surface area contributed by atoms with E-state index in [-0.39, 0.29) is 29.9 Å². The van der Waals surface area contributed by atoms with E-state index in [1.54, 1.807) is 0 Å². The lowest BCUT2D eigenvalue weighted by molar-refractivity contribution is -0.134. The Morgan fingerprint density at radius 2 is 1.89 bits per heavy atom. The van der Waals surface area contributed by atoms with Crippen LogP contribution in [0.1, 0.15) is 59.3 Å². The molecule has 1 saturated heterocycles. The predicted molar refractivity (Wildman–Crippen MR) is 128 cm³/mol. The average Bonchev–Trinajstić information content (AvgIpc) is 3.29. The van der Waals surface area contributed by atoms with Gasteiger partial charge in [0.15, 0.2) is 5.96 Å². The number of hydrogen-bond donors (Lipinski definition) is 2. The number of amides is 1. The second kappa shape index (κ2) is 12.9. The predicted octanol–water partition coefficient (Wildman–Crippen LogP) is 2.93. The Morgan fingerprint density at radius 3 is 2.46 bits per heavy atom. The Balaban J connectivity index is 0.00000392. The van der Waals surface area contributed by atoms with E-state index >= 15 is 0 Å². The summed E-state index contributed by atoms with van der Waals surface area (Å²) in [5.41, 5.74) is 0. The van der Waals surface area contributed by atoms with E-state index in [2.05, 4.69) is 55.3 Å². The van der Waals surface area contributed by atoms with E-state index in [4.69, 9.17) is 4.99 Å². The molecule has 2 N–H and O–H groups in total. The first-order chi connectivity index (χ1) is 12.9. The first kappa shape index (κ1) is 25.5. The van der Waals surface area contributed by atoms with Gasteiger partial charge in [0.05, 0.1) is 6.54 Å². The van der Waals surface area contributed by atoms with Gasteiger partial charge in [0.25, 0.3) is 0 Å². The lowest BCUT2D eigenvalue weighted by Crippen LogP contribution is -2.46. The van der Waals surface area contributed by atoms with Crippen LogP contribution in [0.2, 0.25) is 0 Å². The van der Waals surface area contributed by atoms with Gasteiger partial charge in [0.1, 0.15) is 0 Å². The average molecular weight is 508 g/mol. The van der Waals surface area contributed by atoms with Crippen molar-refractivity contribution in [1.29, 1.82) is 0 Å². The molecular formula is C21H42IN5O. The van der Waals surface area contributed by atoms with E-state index in [9.17, 15) is 4.79 Å². The first-order valence-electron chi connectivity index (χ1n) is 10.9. The van der Waals surface area contributed by atoms with Gasteiger partial charge in [-0.2, -0.15) is 0 Å². The summed E-state index contributed by atoms with van der Waals surface area (Å²) in [6.45, 7) is 9.94. The summed E-state index contributed by atoms with van der Waals surface area (Å²) in [4.78, 5) is 21.8. The van der Waals surface area contributed by atoms with Crippen molar-refractivity contribution in [2.45, 2.75) is 71.4 Å². The van der Waals surface area contributed by atoms with Crippen molar-refractivity contribution >= 4 is 35.8 Å². The Bertz CT molecular complexity index is 491. The van der Waals surface area contributed by atoms with Gasteiger partial charge >= 0.3 is 0 Å². The summed E-state index contributed by atoms with van der Waals surface area (Å²) in [6, 6.07) is 0.750. The van der Waals surface area contributed by atoms with Crippen molar-refractivity contribution in [3.63, 3.8) is 0 Å². The molecule has 0 aromatic carbocycles. The second-order valence-corrected chi connectivity index (χ2v) is 8.86. The lowest BCUT2D eigenvalue weighted by atomic mass is 10.0. The zero-order valence-electron chi connectivity index (χ0n) is 18.5. The minimum atomic E-state index is 0.